The van der Waals surface area contributed by atoms with Crippen LogP contribution in [0.2, 0.25) is 10.0 Å². The van der Waals surface area contributed by atoms with Crippen LogP contribution in [0.25, 0.3) is 0 Å². The van der Waals surface area contributed by atoms with Crippen molar-refractivity contribution in [1.29, 1.82) is 0 Å². The molecule has 1 atom stereocenters. The van der Waals surface area contributed by atoms with Crippen molar-refractivity contribution < 1.29 is 9.90 Å². The first kappa shape index (κ1) is 15.4. The second kappa shape index (κ2) is 7.16. The molecule has 2 N–H and O–H groups in total. The van der Waals surface area contributed by atoms with Gasteiger partial charge in [-0.2, -0.15) is 0 Å². The summed E-state index contributed by atoms with van der Waals surface area (Å²) in [4.78, 5) is 14.1. The fourth-order valence-electron chi connectivity index (χ4n) is 2.51. The van der Waals surface area contributed by atoms with Gasteiger partial charge >= 0.3 is 6.03 Å². The van der Waals surface area contributed by atoms with Crippen molar-refractivity contribution in [3.63, 3.8) is 0 Å². The minimum Gasteiger partial charge on any atom is -0.396 e. The van der Waals surface area contributed by atoms with E-state index < -0.39 is 0 Å². The zero-order valence-electron chi connectivity index (χ0n) is 11.1. The van der Waals surface area contributed by atoms with Gasteiger partial charge in [-0.1, -0.05) is 23.2 Å². The number of rotatable bonds is 4. The van der Waals surface area contributed by atoms with E-state index in [0.717, 1.165) is 25.8 Å². The standard InChI is InChI=1S/C14H18Cl2N2O2/c15-10-5-6-12(16)13(9-10)17-14(20)18-7-1-3-11(18)4-2-8-19/h5-6,9,11,19H,1-4,7-8H2,(H,17,20). The predicted octanol–water partition coefficient (Wildman–Crippen LogP) is 3.76. The lowest BCUT2D eigenvalue weighted by Crippen LogP contribution is -2.38. The number of aliphatic hydroxyl groups excluding tert-OH is 1. The molecule has 2 rings (SSSR count). The third kappa shape index (κ3) is 3.78. The van der Waals surface area contributed by atoms with Gasteiger partial charge in [0.25, 0.3) is 0 Å². The van der Waals surface area contributed by atoms with Gasteiger partial charge in [-0.3, -0.25) is 0 Å². The van der Waals surface area contributed by atoms with E-state index in [1.54, 1.807) is 18.2 Å². The molecule has 1 saturated heterocycles. The van der Waals surface area contributed by atoms with E-state index in [1.807, 2.05) is 4.90 Å². The summed E-state index contributed by atoms with van der Waals surface area (Å²) in [6.45, 7) is 0.895. The minimum absolute atomic E-state index is 0.158. The maximum Gasteiger partial charge on any atom is 0.322 e. The number of benzene rings is 1. The van der Waals surface area contributed by atoms with Crippen molar-refractivity contribution in [2.75, 3.05) is 18.5 Å². The summed E-state index contributed by atoms with van der Waals surface area (Å²) in [7, 11) is 0. The molecule has 1 aliphatic heterocycles. The Bertz CT molecular complexity index is 482. The van der Waals surface area contributed by atoms with E-state index >= 15 is 0 Å². The molecule has 4 nitrogen and oxygen atoms in total. The smallest absolute Gasteiger partial charge is 0.322 e. The van der Waals surface area contributed by atoms with Crippen LogP contribution in [0.5, 0.6) is 0 Å². The first-order valence-corrected chi connectivity index (χ1v) is 7.51. The monoisotopic (exact) mass is 316 g/mol. The number of likely N-dealkylation sites (tertiary alicyclic amines) is 1. The molecule has 0 bridgehead atoms. The fourth-order valence-corrected chi connectivity index (χ4v) is 2.85. The van der Waals surface area contributed by atoms with Gasteiger partial charge in [0, 0.05) is 24.2 Å². The highest BCUT2D eigenvalue weighted by Crippen LogP contribution is 2.27. The van der Waals surface area contributed by atoms with Crippen molar-refractivity contribution in [3.8, 4) is 0 Å². The number of halogens is 2. The van der Waals surface area contributed by atoms with Gasteiger partial charge in [-0.15, -0.1) is 0 Å². The number of amides is 2. The van der Waals surface area contributed by atoms with Crippen molar-refractivity contribution >= 4 is 34.9 Å². The summed E-state index contributed by atoms with van der Waals surface area (Å²) < 4.78 is 0. The maximum atomic E-state index is 12.3. The lowest BCUT2D eigenvalue weighted by atomic mass is 10.1. The van der Waals surface area contributed by atoms with Crippen LogP contribution in [0.4, 0.5) is 10.5 Å². The average molecular weight is 317 g/mol. The van der Waals surface area contributed by atoms with Gasteiger partial charge in [0.05, 0.1) is 10.7 Å². The van der Waals surface area contributed by atoms with Gasteiger partial charge < -0.3 is 15.3 Å². The third-order valence-corrected chi connectivity index (χ3v) is 4.07. The van der Waals surface area contributed by atoms with Crippen molar-refractivity contribution in [2.24, 2.45) is 0 Å². The van der Waals surface area contributed by atoms with Crippen LogP contribution in [-0.4, -0.2) is 35.2 Å². The second-order valence-corrected chi connectivity index (χ2v) is 5.75. The Hall–Kier alpha value is -0.970. The molecule has 0 radical (unpaired) electrons. The molecule has 20 heavy (non-hydrogen) atoms. The first-order valence-electron chi connectivity index (χ1n) is 6.75. The van der Waals surface area contributed by atoms with Crippen LogP contribution in [-0.2, 0) is 0 Å². The van der Waals surface area contributed by atoms with Crippen molar-refractivity contribution in [1.82, 2.24) is 4.90 Å². The van der Waals surface area contributed by atoms with Gasteiger partial charge in [0.2, 0.25) is 0 Å². The largest absolute Gasteiger partial charge is 0.396 e. The number of hydrogen-bond donors (Lipinski definition) is 2. The Morgan fingerprint density at radius 3 is 3.00 bits per heavy atom. The Balaban J connectivity index is 2.01. The Morgan fingerprint density at radius 2 is 2.25 bits per heavy atom. The minimum atomic E-state index is -0.158. The normalized spacial score (nSPS) is 18.4. The van der Waals surface area contributed by atoms with Crippen LogP contribution in [0.1, 0.15) is 25.7 Å². The summed E-state index contributed by atoms with van der Waals surface area (Å²) in [5.41, 5.74) is 0.525. The van der Waals surface area contributed by atoms with Crippen LogP contribution < -0.4 is 5.32 Å². The number of nitrogens with zero attached hydrogens (tertiary/aromatic N) is 1. The molecule has 1 aliphatic rings. The summed E-state index contributed by atoms with van der Waals surface area (Å²) in [6.07, 6.45) is 3.52. The van der Waals surface area contributed by atoms with Gasteiger partial charge in [0.15, 0.2) is 0 Å². The Kier molecular flexibility index (Phi) is 5.52. The SMILES string of the molecule is O=C(Nc1cc(Cl)ccc1Cl)N1CCCC1CCCO. The van der Waals surface area contributed by atoms with E-state index in [2.05, 4.69) is 5.32 Å². The maximum absolute atomic E-state index is 12.3. The number of carbonyl (C=O) groups is 1. The number of aliphatic hydroxyl groups is 1. The highest BCUT2D eigenvalue weighted by atomic mass is 35.5. The molecule has 1 fully saturated rings. The van der Waals surface area contributed by atoms with Gasteiger partial charge in [0.1, 0.15) is 0 Å². The second-order valence-electron chi connectivity index (χ2n) is 4.91. The van der Waals surface area contributed by atoms with Crippen LogP contribution >= 0.6 is 23.2 Å². The van der Waals surface area contributed by atoms with Crippen molar-refractivity contribution in [2.45, 2.75) is 31.7 Å². The van der Waals surface area contributed by atoms with Gasteiger partial charge in [-0.05, 0) is 43.9 Å². The summed E-state index contributed by atoms with van der Waals surface area (Å²) in [5, 5.41) is 12.7. The highest BCUT2D eigenvalue weighted by Gasteiger charge is 2.28. The van der Waals surface area contributed by atoms with E-state index in [4.69, 9.17) is 28.3 Å². The molecule has 1 heterocycles. The molecular formula is C14H18Cl2N2O2. The topological polar surface area (TPSA) is 52.6 Å². The average Bonchev–Trinajstić information content (AvgIpc) is 2.89. The van der Waals surface area contributed by atoms with E-state index in [-0.39, 0.29) is 18.7 Å². The molecule has 1 unspecified atom stereocenters. The Morgan fingerprint density at radius 1 is 1.45 bits per heavy atom. The molecule has 110 valence electrons. The quantitative estimate of drug-likeness (QED) is 0.888. The van der Waals surface area contributed by atoms with Crippen LogP contribution in [0, 0.1) is 0 Å². The number of nitrogens with one attached hydrogen (secondary N) is 1. The first-order chi connectivity index (χ1) is 9.61. The summed E-state index contributed by atoms with van der Waals surface area (Å²) >= 11 is 11.9. The molecule has 1 aromatic rings. The number of carbonyl (C=O) groups excluding carboxylic acids is 1. The van der Waals surface area contributed by atoms with Crippen LogP contribution in [0.15, 0.2) is 18.2 Å². The third-order valence-electron chi connectivity index (χ3n) is 3.50. The molecule has 0 saturated carbocycles. The lowest BCUT2D eigenvalue weighted by molar-refractivity contribution is 0.197. The molecule has 0 spiro atoms. The molecule has 2 amide bonds. The lowest BCUT2D eigenvalue weighted by Gasteiger charge is -2.25. The van der Waals surface area contributed by atoms with E-state index in [0.29, 0.717) is 22.2 Å². The molecular weight excluding hydrogens is 299 g/mol. The summed E-state index contributed by atoms with van der Waals surface area (Å²) in [5.74, 6) is 0. The fraction of sp³-hybridized carbons (Fsp3) is 0.500. The number of anilines is 1. The van der Waals surface area contributed by atoms with E-state index in [1.165, 1.54) is 0 Å². The number of urea groups is 1. The van der Waals surface area contributed by atoms with Gasteiger partial charge in [-0.25, -0.2) is 4.79 Å². The van der Waals surface area contributed by atoms with Crippen LogP contribution in [0.3, 0.4) is 0 Å². The highest BCUT2D eigenvalue weighted by molar-refractivity contribution is 6.35. The number of hydrogen-bond acceptors (Lipinski definition) is 2. The zero-order valence-corrected chi connectivity index (χ0v) is 12.6. The molecule has 0 aromatic heterocycles. The summed E-state index contributed by atoms with van der Waals surface area (Å²) in [6, 6.07) is 5.02. The van der Waals surface area contributed by atoms with E-state index in [9.17, 15) is 4.79 Å². The molecule has 1 aromatic carbocycles. The Labute approximate surface area is 128 Å². The predicted molar refractivity (Wildman–Crippen MR) is 81.5 cm³/mol. The zero-order chi connectivity index (χ0) is 14.5. The molecule has 0 aliphatic carbocycles. The molecule has 6 heteroatoms. The van der Waals surface area contributed by atoms with Crippen molar-refractivity contribution in [3.05, 3.63) is 28.2 Å².